The normalized spacial score (nSPS) is 24.4. The maximum absolute atomic E-state index is 11.8. The van der Waals surface area contributed by atoms with E-state index in [0.29, 0.717) is 13.2 Å². The third-order valence-corrected chi connectivity index (χ3v) is 4.84. The number of sulfonamides is 1. The summed E-state index contributed by atoms with van der Waals surface area (Å²) in [5.74, 6) is -0.512. The highest BCUT2D eigenvalue weighted by Crippen LogP contribution is 2.13. The highest BCUT2D eigenvalue weighted by atomic mass is 32.2. The fourth-order valence-corrected chi connectivity index (χ4v) is 2.44. The average Bonchev–Trinajstić information content (AvgIpc) is 2.76. The minimum absolute atomic E-state index is 0.00421. The first-order valence-electron chi connectivity index (χ1n) is 5.81. The second-order valence-corrected chi connectivity index (χ2v) is 6.73. The summed E-state index contributed by atoms with van der Waals surface area (Å²) >= 11 is 0. The molecular weight excluding hydrogens is 258 g/mol. The molecule has 8 heteroatoms. The predicted molar refractivity (Wildman–Crippen MR) is 67.6 cm³/mol. The molecule has 1 amide bonds. The number of carbonyl (C=O) groups is 1. The van der Waals surface area contributed by atoms with Crippen molar-refractivity contribution in [2.75, 3.05) is 46.7 Å². The number of ether oxygens (including phenoxy) is 1. The summed E-state index contributed by atoms with van der Waals surface area (Å²) in [6.45, 7) is 0.995. The van der Waals surface area contributed by atoms with E-state index in [4.69, 9.17) is 4.74 Å². The first-order chi connectivity index (χ1) is 8.38. The van der Waals surface area contributed by atoms with Gasteiger partial charge >= 0.3 is 0 Å². The van der Waals surface area contributed by atoms with Gasteiger partial charge in [-0.3, -0.25) is 4.79 Å². The third kappa shape index (κ3) is 3.91. The van der Waals surface area contributed by atoms with Crippen molar-refractivity contribution in [3.05, 3.63) is 0 Å². The number of hydrogen-bond acceptors (Lipinski definition) is 5. The molecule has 18 heavy (non-hydrogen) atoms. The summed E-state index contributed by atoms with van der Waals surface area (Å²) < 4.78 is 29.3. The van der Waals surface area contributed by atoms with Crippen LogP contribution in [0.5, 0.6) is 0 Å². The van der Waals surface area contributed by atoms with Crippen LogP contribution in [0.4, 0.5) is 0 Å². The SMILES string of the molecule is CNC1COCC1C(=O)NCCS(=O)(=O)N(C)C. The smallest absolute Gasteiger partial charge is 0.227 e. The van der Waals surface area contributed by atoms with E-state index in [2.05, 4.69) is 10.6 Å². The van der Waals surface area contributed by atoms with Crippen LogP contribution in [0, 0.1) is 5.92 Å². The quantitative estimate of drug-likeness (QED) is 0.601. The van der Waals surface area contributed by atoms with Crippen LogP contribution in [0.2, 0.25) is 0 Å². The van der Waals surface area contributed by atoms with Crippen molar-refractivity contribution >= 4 is 15.9 Å². The molecule has 1 heterocycles. The fourth-order valence-electron chi connectivity index (χ4n) is 1.71. The summed E-state index contributed by atoms with van der Waals surface area (Å²) in [4.78, 5) is 11.8. The molecule has 106 valence electrons. The molecule has 1 fully saturated rings. The van der Waals surface area contributed by atoms with Gasteiger partial charge in [0.25, 0.3) is 0 Å². The lowest BCUT2D eigenvalue weighted by atomic mass is 10.0. The molecule has 1 aliphatic heterocycles. The van der Waals surface area contributed by atoms with Gasteiger partial charge < -0.3 is 15.4 Å². The van der Waals surface area contributed by atoms with Crippen molar-refractivity contribution in [3.63, 3.8) is 0 Å². The summed E-state index contributed by atoms with van der Waals surface area (Å²) in [6.07, 6.45) is 0. The van der Waals surface area contributed by atoms with Crippen LogP contribution in [-0.4, -0.2) is 71.3 Å². The minimum atomic E-state index is -3.26. The minimum Gasteiger partial charge on any atom is -0.379 e. The molecule has 0 saturated carbocycles. The lowest BCUT2D eigenvalue weighted by molar-refractivity contribution is -0.125. The number of hydrogen-bond donors (Lipinski definition) is 2. The fraction of sp³-hybridized carbons (Fsp3) is 0.900. The van der Waals surface area contributed by atoms with Gasteiger partial charge in [0.2, 0.25) is 15.9 Å². The number of amides is 1. The Morgan fingerprint density at radius 1 is 1.39 bits per heavy atom. The standard InChI is InChI=1S/C10H21N3O4S/c1-11-9-7-17-6-8(9)10(14)12-4-5-18(15,16)13(2)3/h8-9,11H,4-7H2,1-3H3,(H,12,14). The molecule has 1 aliphatic rings. The van der Waals surface area contributed by atoms with Gasteiger partial charge in [-0.05, 0) is 7.05 Å². The highest BCUT2D eigenvalue weighted by Gasteiger charge is 2.32. The first-order valence-corrected chi connectivity index (χ1v) is 7.42. The van der Waals surface area contributed by atoms with Crippen molar-refractivity contribution < 1.29 is 17.9 Å². The molecule has 0 aromatic carbocycles. The average molecular weight is 279 g/mol. The number of carbonyl (C=O) groups excluding carboxylic acids is 1. The van der Waals surface area contributed by atoms with Gasteiger partial charge in [0, 0.05) is 26.7 Å². The second-order valence-electron chi connectivity index (χ2n) is 4.43. The number of nitrogens with zero attached hydrogens (tertiary/aromatic N) is 1. The number of rotatable bonds is 6. The number of nitrogens with one attached hydrogen (secondary N) is 2. The molecule has 0 bridgehead atoms. The lowest BCUT2D eigenvalue weighted by Gasteiger charge is -2.17. The van der Waals surface area contributed by atoms with Crippen molar-refractivity contribution in [1.29, 1.82) is 0 Å². The maximum Gasteiger partial charge on any atom is 0.227 e. The Balaban J connectivity index is 2.38. The molecule has 0 radical (unpaired) electrons. The Morgan fingerprint density at radius 2 is 2.06 bits per heavy atom. The summed E-state index contributed by atoms with van der Waals surface area (Å²) in [5, 5.41) is 5.64. The molecule has 7 nitrogen and oxygen atoms in total. The second kappa shape index (κ2) is 6.46. The zero-order valence-corrected chi connectivity index (χ0v) is 11.8. The Hall–Kier alpha value is -0.700. The Kier molecular flexibility index (Phi) is 5.51. The van der Waals surface area contributed by atoms with Crippen LogP contribution < -0.4 is 10.6 Å². The van der Waals surface area contributed by atoms with E-state index in [9.17, 15) is 13.2 Å². The van der Waals surface area contributed by atoms with Crippen LogP contribution in [0.3, 0.4) is 0 Å². The molecule has 0 aliphatic carbocycles. The van der Waals surface area contributed by atoms with E-state index < -0.39 is 10.0 Å². The predicted octanol–water partition coefficient (Wildman–Crippen LogP) is -1.77. The van der Waals surface area contributed by atoms with Gasteiger partial charge in [-0.25, -0.2) is 12.7 Å². The molecule has 2 N–H and O–H groups in total. The molecular formula is C10H21N3O4S. The molecule has 1 saturated heterocycles. The lowest BCUT2D eigenvalue weighted by Crippen LogP contribution is -2.44. The van der Waals surface area contributed by atoms with E-state index in [0.717, 1.165) is 4.31 Å². The van der Waals surface area contributed by atoms with Crippen molar-refractivity contribution in [2.45, 2.75) is 6.04 Å². The Morgan fingerprint density at radius 3 is 2.61 bits per heavy atom. The van der Waals surface area contributed by atoms with Crippen molar-refractivity contribution in [3.8, 4) is 0 Å². The molecule has 2 atom stereocenters. The zero-order valence-electron chi connectivity index (χ0n) is 11.0. The summed E-state index contributed by atoms with van der Waals surface area (Å²) in [5.41, 5.74) is 0. The number of likely N-dealkylation sites (N-methyl/N-ethyl adjacent to an activating group) is 1. The van der Waals surface area contributed by atoms with Gasteiger partial charge in [-0.1, -0.05) is 0 Å². The molecule has 0 aromatic rings. The summed E-state index contributed by atoms with van der Waals surface area (Å²) in [7, 11) is 1.45. The zero-order chi connectivity index (χ0) is 13.8. The van der Waals surface area contributed by atoms with E-state index in [-0.39, 0.29) is 30.2 Å². The van der Waals surface area contributed by atoms with Gasteiger partial charge in [-0.15, -0.1) is 0 Å². The van der Waals surface area contributed by atoms with E-state index >= 15 is 0 Å². The molecule has 2 unspecified atom stereocenters. The van der Waals surface area contributed by atoms with Crippen LogP contribution in [-0.2, 0) is 19.6 Å². The van der Waals surface area contributed by atoms with Crippen LogP contribution in [0.1, 0.15) is 0 Å². The van der Waals surface area contributed by atoms with Gasteiger partial charge in [0.05, 0.1) is 24.9 Å². The highest BCUT2D eigenvalue weighted by molar-refractivity contribution is 7.89. The topological polar surface area (TPSA) is 87.7 Å². The van der Waals surface area contributed by atoms with Gasteiger partial charge in [0.15, 0.2) is 0 Å². The van der Waals surface area contributed by atoms with E-state index in [1.54, 1.807) is 7.05 Å². The first kappa shape index (κ1) is 15.4. The molecule has 0 spiro atoms. The van der Waals surface area contributed by atoms with Gasteiger partial charge in [0.1, 0.15) is 0 Å². The third-order valence-electron chi connectivity index (χ3n) is 3.00. The van der Waals surface area contributed by atoms with E-state index in [1.165, 1.54) is 14.1 Å². The van der Waals surface area contributed by atoms with Crippen molar-refractivity contribution in [1.82, 2.24) is 14.9 Å². The van der Waals surface area contributed by atoms with Crippen LogP contribution in [0.15, 0.2) is 0 Å². The van der Waals surface area contributed by atoms with Crippen LogP contribution >= 0.6 is 0 Å². The van der Waals surface area contributed by atoms with Gasteiger partial charge in [-0.2, -0.15) is 0 Å². The summed E-state index contributed by atoms with van der Waals surface area (Å²) in [6, 6.07) is -0.00421. The van der Waals surface area contributed by atoms with Crippen molar-refractivity contribution in [2.24, 2.45) is 5.92 Å². The monoisotopic (exact) mass is 279 g/mol. The molecule has 1 rings (SSSR count). The largest absolute Gasteiger partial charge is 0.379 e. The van der Waals surface area contributed by atoms with E-state index in [1.807, 2.05) is 0 Å². The maximum atomic E-state index is 11.8. The molecule has 0 aromatic heterocycles. The Labute approximate surface area is 108 Å². The van der Waals surface area contributed by atoms with Crippen LogP contribution in [0.25, 0.3) is 0 Å². The Bertz CT molecular complexity index is 383.